The molecule has 0 aromatic rings. The first kappa shape index (κ1) is 6.22. The fourth-order valence-electron chi connectivity index (χ4n) is 0.427. The average Bonchev–Trinajstić information content (AvgIpc) is 1.61. The van der Waals surface area contributed by atoms with Crippen molar-refractivity contribution in [3.63, 3.8) is 0 Å². The van der Waals surface area contributed by atoms with Crippen molar-refractivity contribution in [3.8, 4) is 0 Å². The predicted molar refractivity (Wildman–Crippen MR) is 33.6 cm³/mol. The highest BCUT2D eigenvalue weighted by molar-refractivity contribution is 6.37. The lowest BCUT2D eigenvalue weighted by Gasteiger charge is -1.85. The Morgan fingerprint density at radius 2 is 2.33 bits per heavy atom. The van der Waals surface area contributed by atoms with Crippen LogP contribution in [0.5, 0.6) is 0 Å². The summed E-state index contributed by atoms with van der Waals surface area (Å²) in [5.74, 6) is 0. The van der Waals surface area contributed by atoms with Crippen LogP contribution in [0.2, 0.25) is 6.04 Å². The molecule has 0 aliphatic heterocycles. The van der Waals surface area contributed by atoms with Crippen molar-refractivity contribution in [1.29, 1.82) is 0 Å². The minimum absolute atomic E-state index is 0.153. The molecule has 1 radical (unpaired) electrons. The molecule has 0 fully saturated rings. The minimum Gasteiger partial charge on any atom is -0.0656 e. The van der Waals surface area contributed by atoms with E-state index in [9.17, 15) is 0 Å². The zero-order chi connectivity index (χ0) is 4.83. The lowest BCUT2D eigenvalue weighted by atomic mass is 10.4. The Morgan fingerprint density at radius 1 is 1.67 bits per heavy atom. The Morgan fingerprint density at radius 3 is 2.50 bits per heavy atom. The van der Waals surface area contributed by atoms with Gasteiger partial charge in [0.25, 0.3) is 0 Å². The molecular formula is C5H13Si. The molecule has 1 heteroatoms. The van der Waals surface area contributed by atoms with Gasteiger partial charge in [0.15, 0.2) is 0 Å². The highest BCUT2D eigenvalue weighted by Crippen LogP contribution is 1.90. The molecule has 0 aromatic heterocycles. The molecule has 0 aromatic carbocycles. The van der Waals surface area contributed by atoms with Crippen LogP contribution in [-0.4, -0.2) is 9.52 Å². The maximum atomic E-state index is 3.86. The van der Waals surface area contributed by atoms with E-state index in [1.54, 1.807) is 0 Å². The van der Waals surface area contributed by atoms with Crippen LogP contribution in [-0.2, 0) is 0 Å². The van der Waals surface area contributed by atoms with E-state index in [4.69, 9.17) is 0 Å². The SMILES string of the molecule is [CH2][SiH2]CCCC. The van der Waals surface area contributed by atoms with Gasteiger partial charge in [0, 0.05) is 9.52 Å². The van der Waals surface area contributed by atoms with Crippen LogP contribution < -0.4 is 0 Å². The van der Waals surface area contributed by atoms with E-state index in [-0.39, 0.29) is 9.52 Å². The van der Waals surface area contributed by atoms with Gasteiger partial charge in [-0.2, -0.15) is 0 Å². The maximum Gasteiger partial charge on any atom is 0.0194 e. The molecule has 0 bridgehead atoms. The lowest BCUT2D eigenvalue weighted by molar-refractivity contribution is 0.881. The van der Waals surface area contributed by atoms with Gasteiger partial charge in [0.2, 0.25) is 0 Å². The number of unbranched alkanes of at least 4 members (excludes halogenated alkanes) is 1. The molecule has 0 rings (SSSR count). The van der Waals surface area contributed by atoms with Gasteiger partial charge in [0.05, 0.1) is 0 Å². The number of rotatable bonds is 3. The standard InChI is InChI=1S/C5H13Si/c1-3-4-5-6-2/h2-6H2,1H3. The molecule has 0 unspecified atom stereocenters. The van der Waals surface area contributed by atoms with Gasteiger partial charge in [-0.25, -0.2) is 0 Å². The van der Waals surface area contributed by atoms with Crippen molar-refractivity contribution in [2.75, 3.05) is 0 Å². The maximum absolute atomic E-state index is 3.86. The van der Waals surface area contributed by atoms with Gasteiger partial charge in [-0.3, -0.25) is 0 Å². The number of hydrogen-bond acceptors (Lipinski definition) is 0. The molecule has 0 aliphatic rings. The predicted octanol–water partition coefficient (Wildman–Crippen LogP) is 1.17. The normalized spacial score (nSPS) is 11.0. The summed E-state index contributed by atoms with van der Waals surface area (Å²) in [7, 11) is 0.153. The van der Waals surface area contributed by atoms with Crippen molar-refractivity contribution >= 4 is 9.52 Å². The molecule has 6 heavy (non-hydrogen) atoms. The summed E-state index contributed by atoms with van der Waals surface area (Å²) in [6, 6.07) is 1.44. The van der Waals surface area contributed by atoms with Crippen LogP contribution in [0.1, 0.15) is 19.8 Å². The Bertz CT molecular complexity index is 15.9. The van der Waals surface area contributed by atoms with Crippen LogP contribution in [0.25, 0.3) is 0 Å². The fraction of sp³-hybridized carbons (Fsp3) is 0.800. The molecule has 0 saturated heterocycles. The number of hydrogen-bond donors (Lipinski definition) is 0. The van der Waals surface area contributed by atoms with Crippen molar-refractivity contribution in [2.24, 2.45) is 0 Å². The van der Waals surface area contributed by atoms with Crippen LogP contribution in [0.4, 0.5) is 0 Å². The average molecular weight is 101 g/mol. The summed E-state index contributed by atoms with van der Waals surface area (Å²) >= 11 is 0. The molecule has 0 saturated carbocycles. The summed E-state index contributed by atoms with van der Waals surface area (Å²) in [6.07, 6.45) is 2.76. The molecule has 0 spiro atoms. The smallest absolute Gasteiger partial charge is 0.0194 e. The molecular weight excluding hydrogens is 88.1 g/mol. The second-order valence-electron chi connectivity index (χ2n) is 1.56. The fourth-order valence-corrected chi connectivity index (χ4v) is 1.28. The van der Waals surface area contributed by atoms with Gasteiger partial charge >= 0.3 is 0 Å². The molecule has 0 atom stereocenters. The third kappa shape index (κ3) is 4.22. The Kier molecular flexibility index (Phi) is 5.41. The monoisotopic (exact) mass is 101 g/mol. The highest BCUT2D eigenvalue weighted by atomic mass is 28.2. The summed E-state index contributed by atoms with van der Waals surface area (Å²) in [6.45, 7) is 6.09. The van der Waals surface area contributed by atoms with Crippen LogP contribution >= 0.6 is 0 Å². The Labute approximate surface area is 42.8 Å². The first-order valence-corrected chi connectivity index (χ1v) is 4.71. The molecule has 0 nitrogen and oxygen atoms in total. The Hall–Kier alpha value is 0.217. The summed E-state index contributed by atoms with van der Waals surface area (Å²) in [4.78, 5) is 0. The van der Waals surface area contributed by atoms with Crippen molar-refractivity contribution < 1.29 is 0 Å². The minimum atomic E-state index is 0.153. The van der Waals surface area contributed by atoms with E-state index >= 15 is 0 Å². The summed E-state index contributed by atoms with van der Waals surface area (Å²) in [5, 5.41) is 0. The van der Waals surface area contributed by atoms with Crippen LogP contribution in [0, 0.1) is 6.55 Å². The molecule has 0 heterocycles. The van der Waals surface area contributed by atoms with E-state index < -0.39 is 0 Å². The zero-order valence-corrected chi connectivity index (χ0v) is 5.95. The largest absolute Gasteiger partial charge is 0.0656 e. The van der Waals surface area contributed by atoms with Gasteiger partial charge in [-0.05, 0) is 0 Å². The van der Waals surface area contributed by atoms with E-state index in [1.165, 1.54) is 18.9 Å². The van der Waals surface area contributed by atoms with E-state index in [0.29, 0.717) is 0 Å². The quantitative estimate of drug-likeness (QED) is 0.370. The highest BCUT2D eigenvalue weighted by Gasteiger charge is 1.76. The van der Waals surface area contributed by atoms with Crippen LogP contribution in [0.3, 0.4) is 0 Å². The van der Waals surface area contributed by atoms with Crippen molar-refractivity contribution in [1.82, 2.24) is 0 Å². The van der Waals surface area contributed by atoms with E-state index in [1.807, 2.05) is 0 Å². The summed E-state index contributed by atoms with van der Waals surface area (Å²) in [5.41, 5.74) is 0. The lowest BCUT2D eigenvalue weighted by Crippen LogP contribution is -1.78. The first-order chi connectivity index (χ1) is 2.91. The Balaban J connectivity index is 2.34. The van der Waals surface area contributed by atoms with Gasteiger partial charge in [0.1, 0.15) is 0 Å². The van der Waals surface area contributed by atoms with Crippen molar-refractivity contribution in [3.05, 3.63) is 6.55 Å². The molecule has 37 valence electrons. The molecule has 0 N–H and O–H groups in total. The third-order valence-corrected chi connectivity index (χ3v) is 1.85. The molecule has 0 aliphatic carbocycles. The second-order valence-corrected chi connectivity index (χ2v) is 2.97. The van der Waals surface area contributed by atoms with Crippen molar-refractivity contribution in [2.45, 2.75) is 25.8 Å². The summed E-state index contributed by atoms with van der Waals surface area (Å²) < 4.78 is 0. The second kappa shape index (κ2) is 5.22. The van der Waals surface area contributed by atoms with E-state index in [0.717, 1.165) is 0 Å². The van der Waals surface area contributed by atoms with Gasteiger partial charge < -0.3 is 0 Å². The van der Waals surface area contributed by atoms with Crippen LogP contribution in [0.15, 0.2) is 0 Å². The molecule has 0 amide bonds. The topological polar surface area (TPSA) is 0 Å². The van der Waals surface area contributed by atoms with E-state index in [2.05, 4.69) is 13.5 Å². The van der Waals surface area contributed by atoms with Gasteiger partial charge in [-0.1, -0.05) is 32.4 Å². The van der Waals surface area contributed by atoms with Gasteiger partial charge in [-0.15, -0.1) is 0 Å². The zero-order valence-electron chi connectivity index (χ0n) is 4.54. The third-order valence-electron chi connectivity index (χ3n) is 0.854. The first-order valence-electron chi connectivity index (χ1n) is 2.71.